The average Bonchev–Trinajstić information content (AvgIpc) is 2.34. The SMILES string of the molecule is CCOCCCCCN1CCC(C(N)=O)CC1. The molecule has 4 nitrogen and oxygen atoms in total. The van der Waals surface area contributed by atoms with Gasteiger partial charge in [-0.05, 0) is 58.7 Å². The van der Waals surface area contributed by atoms with Crippen molar-refractivity contribution in [3.05, 3.63) is 0 Å². The number of carbonyl (C=O) groups is 1. The molecule has 4 heteroatoms. The van der Waals surface area contributed by atoms with Gasteiger partial charge in [0.25, 0.3) is 0 Å². The molecule has 1 aliphatic rings. The van der Waals surface area contributed by atoms with Crippen molar-refractivity contribution in [2.75, 3.05) is 32.8 Å². The van der Waals surface area contributed by atoms with Crippen molar-refractivity contribution in [1.29, 1.82) is 0 Å². The molecule has 1 fully saturated rings. The van der Waals surface area contributed by atoms with E-state index in [4.69, 9.17) is 10.5 Å². The molecule has 1 saturated heterocycles. The van der Waals surface area contributed by atoms with Crippen LogP contribution >= 0.6 is 0 Å². The van der Waals surface area contributed by atoms with E-state index in [1.54, 1.807) is 0 Å². The second-order valence-electron chi connectivity index (χ2n) is 4.78. The van der Waals surface area contributed by atoms with Crippen molar-refractivity contribution in [3.63, 3.8) is 0 Å². The van der Waals surface area contributed by atoms with Crippen LogP contribution in [0.4, 0.5) is 0 Å². The number of hydrogen-bond acceptors (Lipinski definition) is 3. The molecule has 1 amide bonds. The number of carbonyl (C=O) groups excluding carboxylic acids is 1. The Bertz CT molecular complexity index is 213. The highest BCUT2D eigenvalue weighted by Gasteiger charge is 2.22. The molecule has 0 aromatic rings. The third kappa shape index (κ3) is 6.03. The summed E-state index contributed by atoms with van der Waals surface area (Å²) < 4.78 is 5.30. The Balaban J connectivity index is 1.97. The molecular formula is C13H26N2O2. The van der Waals surface area contributed by atoms with Gasteiger partial charge >= 0.3 is 0 Å². The zero-order valence-corrected chi connectivity index (χ0v) is 11.0. The lowest BCUT2D eigenvalue weighted by Gasteiger charge is -2.30. The molecule has 0 aliphatic carbocycles. The van der Waals surface area contributed by atoms with Crippen molar-refractivity contribution in [1.82, 2.24) is 4.90 Å². The Hall–Kier alpha value is -0.610. The van der Waals surface area contributed by atoms with Crippen molar-refractivity contribution < 1.29 is 9.53 Å². The van der Waals surface area contributed by atoms with E-state index in [-0.39, 0.29) is 11.8 Å². The summed E-state index contributed by atoms with van der Waals surface area (Å²) in [5.41, 5.74) is 5.31. The summed E-state index contributed by atoms with van der Waals surface area (Å²) in [6.45, 7) is 6.94. The molecule has 17 heavy (non-hydrogen) atoms. The number of rotatable bonds is 8. The van der Waals surface area contributed by atoms with E-state index < -0.39 is 0 Å². The number of primary amides is 1. The third-order valence-corrected chi connectivity index (χ3v) is 3.46. The summed E-state index contributed by atoms with van der Waals surface area (Å²) in [5.74, 6) is -0.00873. The van der Waals surface area contributed by atoms with Crippen LogP contribution in [0.15, 0.2) is 0 Å². The minimum atomic E-state index is -0.124. The molecule has 0 aromatic carbocycles. The Kier molecular flexibility index (Phi) is 7.21. The predicted molar refractivity (Wildman–Crippen MR) is 68.7 cm³/mol. The van der Waals surface area contributed by atoms with E-state index in [2.05, 4.69) is 4.90 Å². The van der Waals surface area contributed by atoms with E-state index in [9.17, 15) is 4.79 Å². The lowest BCUT2D eigenvalue weighted by Crippen LogP contribution is -2.38. The van der Waals surface area contributed by atoms with Crippen molar-refractivity contribution in [2.24, 2.45) is 11.7 Å². The Morgan fingerprint density at radius 2 is 2.00 bits per heavy atom. The van der Waals surface area contributed by atoms with Crippen LogP contribution in [0, 0.1) is 5.92 Å². The molecule has 100 valence electrons. The molecule has 0 radical (unpaired) electrons. The summed E-state index contributed by atoms with van der Waals surface area (Å²) in [6.07, 6.45) is 5.50. The number of piperidine rings is 1. The molecule has 0 aromatic heterocycles. The molecule has 0 saturated carbocycles. The zero-order chi connectivity index (χ0) is 12.5. The first kappa shape index (κ1) is 14.5. The molecule has 0 spiro atoms. The monoisotopic (exact) mass is 242 g/mol. The average molecular weight is 242 g/mol. The number of unbranched alkanes of at least 4 members (excludes halogenated alkanes) is 2. The quantitative estimate of drug-likeness (QED) is 0.654. The highest BCUT2D eigenvalue weighted by molar-refractivity contribution is 5.76. The van der Waals surface area contributed by atoms with Gasteiger partial charge < -0.3 is 15.4 Å². The fourth-order valence-corrected chi connectivity index (χ4v) is 2.30. The summed E-state index contributed by atoms with van der Waals surface area (Å²) in [6, 6.07) is 0. The number of likely N-dealkylation sites (tertiary alicyclic amines) is 1. The van der Waals surface area contributed by atoms with Gasteiger partial charge in [0.15, 0.2) is 0 Å². The minimum absolute atomic E-state index is 0.115. The number of nitrogens with zero attached hydrogens (tertiary/aromatic N) is 1. The van der Waals surface area contributed by atoms with Crippen molar-refractivity contribution >= 4 is 5.91 Å². The molecule has 1 rings (SSSR count). The Morgan fingerprint density at radius 1 is 1.29 bits per heavy atom. The van der Waals surface area contributed by atoms with Gasteiger partial charge in [-0.25, -0.2) is 0 Å². The number of amides is 1. The van der Waals surface area contributed by atoms with Crippen LogP contribution in [0.2, 0.25) is 0 Å². The normalized spacial score (nSPS) is 18.4. The van der Waals surface area contributed by atoms with Crippen LogP contribution in [-0.2, 0) is 9.53 Å². The van der Waals surface area contributed by atoms with Crippen molar-refractivity contribution in [2.45, 2.75) is 39.0 Å². The van der Waals surface area contributed by atoms with Crippen LogP contribution in [0.3, 0.4) is 0 Å². The first-order valence-electron chi connectivity index (χ1n) is 6.83. The fourth-order valence-electron chi connectivity index (χ4n) is 2.30. The highest BCUT2D eigenvalue weighted by Crippen LogP contribution is 2.16. The third-order valence-electron chi connectivity index (χ3n) is 3.46. The van der Waals surface area contributed by atoms with Crippen LogP contribution in [0.25, 0.3) is 0 Å². The van der Waals surface area contributed by atoms with Gasteiger partial charge in [0.1, 0.15) is 0 Å². The molecule has 0 unspecified atom stereocenters. The molecule has 0 atom stereocenters. The van der Waals surface area contributed by atoms with Crippen molar-refractivity contribution in [3.8, 4) is 0 Å². The first-order chi connectivity index (χ1) is 8.24. The van der Waals surface area contributed by atoms with Gasteiger partial charge in [0, 0.05) is 19.1 Å². The molecule has 1 aliphatic heterocycles. The van der Waals surface area contributed by atoms with Crippen LogP contribution < -0.4 is 5.73 Å². The van der Waals surface area contributed by atoms with Gasteiger partial charge in [-0.15, -0.1) is 0 Å². The lowest BCUT2D eigenvalue weighted by molar-refractivity contribution is -0.123. The molecule has 2 N–H and O–H groups in total. The maximum Gasteiger partial charge on any atom is 0.220 e. The summed E-state index contributed by atoms with van der Waals surface area (Å²) in [4.78, 5) is 13.5. The second-order valence-corrected chi connectivity index (χ2v) is 4.78. The molecule has 1 heterocycles. The smallest absolute Gasteiger partial charge is 0.220 e. The van der Waals surface area contributed by atoms with Crippen LogP contribution in [0.5, 0.6) is 0 Å². The van der Waals surface area contributed by atoms with Gasteiger partial charge in [-0.1, -0.05) is 0 Å². The van der Waals surface area contributed by atoms with E-state index in [0.717, 1.165) is 52.1 Å². The maximum atomic E-state index is 11.0. The predicted octanol–water partition coefficient (Wildman–Crippen LogP) is 1.39. The van der Waals surface area contributed by atoms with E-state index in [1.807, 2.05) is 6.92 Å². The summed E-state index contributed by atoms with van der Waals surface area (Å²) in [7, 11) is 0. The van der Waals surface area contributed by atoms with Gasteiger partial charge in [-0.3, -0.25) is 4.79 Å². The maximum absolute atomic E-state index is 11.0. The Morgan fingerprint density at radius 3 is 2.59 bits per heavy atom. The largest absolute Gasteiger partial charge is 0.382 e. The first-order valence-corrected chi connectivity index (χ1v) is 6.83. The lowest BCUT2D eigenvalue weighted by atomic mass is 9.96. The number of ether oxygens (including phenoxy) is 1. The van der Waals surface area contributed by atoms with Crippen LogP contribution in [0.1, 0.15) is 39.0 Å². The fraction of sp³-hybridized carbons (Fsp3) is 0.923. The minimum Gasteiger partial charge on any atom is -0.382 e. The van der Waals surface area contributed by atoms with Crippen LogP contribution in [-0.4, -0.2) is 43.7 Å². The summed E-state index contributed by atoms with van der Waals surface area (Å²) in [5, 5.41) is 0. The van der Waals surface area contributed by atoms with E-state index in [0.29, 0.717) is 0 Å². The number of nitrogens with two attached hydrogens (primary N) is 1. The standard InChI is InChI=1S/C13H26N2O2/c1-2-17-11-5-3-4-8-15-9-6-12(7-10-15)13(14)16/h12H,2-11H2,1H3,(H2,14,16). The summed E-state index contributed by atoms with van der Waals surface area (Å²) >= 11 is 0. The van der Waals surface area contributed by atoms with Gasteiger partial charge in [0.05, 0.1) is 0 Å². The highest BCUT2D eigenvalue weighted by atomic mass is 16.5. The molecule has 0 bridgehead atoms. The topological polar surface area (TPSA) is 55.6 Å². The molecular weight excluding hydrogens is 216 g/mol. The van der Waals surface area contributed by atoms with E-state index in [1.165, 1.54) is 12.8 Å². The van der Waals surface area contributed by atoms with Gasteiger partial charge in [0.2, 0.25) is 5.91 Å². The Labute approximate surface area is 104 Å². The second kappa shape index (κ2) is 8.48. The zero-order valence-electron chi connectivity index (χ0n) is 11.0. The van der Waals surface area contributed by atoms with E-state index >= 15 is 0 Å². The van der Waals surface area contributed by atoms with Gasteiger partial charge in [-0.2, -0.15) is 0 Å². The number of hydrogen-bond donors (Lipinski definition) is 1.